The van der Waals surface area contributed by atoms with Crippen LogP contribution in [0.5, 0.6) is 5.75 Å². The fraction of sp³-hybridized carbons (Fsp3) is 0.0714. The van der Waals surface area contributed by atoms with E-state index >= 15 is 0 Å². The molecule has 0 saturated carbocycles. The van der Waals surface area contributed by atoms with Crippen LogP contribution in [0.3, 0.4) is 0 Å². The molecule has 0 atom stereocenters. The molecule has 2 aromatic carbocycles. The molecule has 0 unspecified atom stereocenters. The Morgan fingerprint density at radius 3 is 2.38 bits per heavy atom. The van der Waals surface area contributed by atoms with Gasteiger partial charge in [-0.1, -0.05) is 24.4 Å². The number of rotatable bonds is 4. The van der Waals surface area contributed by atoms with E-state index in [-0.39, 0.29) is 15.6 Å². The number of nitrogens with zero attached hydrogens (tertiary/aromatic N) is 1. The molecule has 5 nitrogen and oxygen atoms in total. The lowest BCUT2D eigenvalue weighted by Crippen LogP contribution is -2.26. The summed E-state index contributed by atoms with van der Waals surface area (Å²) in [6, 6.07) is 12.0. The molecule has 0 radical (unpaired) electrons. The quantitative estimate of drug-likeness (QED) is 0.839. The number of aromatic hydroxyl groups is 1. The molecule has 0 aromatic heterocycles. The summed E-state index contributed by atoms with van der Waals surface area (Å²) >= 11 is 4.86. The summed E-state index contributed by atoms with van der Waals surface area (Å²) in [7, 11) is -2.28. The van der Waals surface area contributed by atoms with Crippen molar-refractivity contribution in [2.24, 2.45) is 5.73 Å². The normalized spacial score (nSPS) is 11.1. The van der Waals surface area contributed by atoms with Crippen molar-refractivity contribution >= 4 is 32.9 Å². The minimum atomic E-state index is -3.72. The molecule has 0 spiro atoms. The molecular weight excluding hydrogens is 308 g/mol. The molecule has 3 N–H and O–H groups in total. The molecule has 110 valence electrons. The maximum Gasteiger partial charge on any atom is 0.264 e. The second-order valence-electron chi connectivity index (χ2n) is 4.38. The number of sulfonamides is 1. The number of thiocarbonyl (C=S) groups is 1. The van der Waals surface area contributed by atoms with Gasteiger partial charge in [-0.15, -0.1) is 0 Å². The van der Waals surface area contributed by atoms with Crippen LogP contribution in [0.25, 0.3) is 0 Å². The van der Waals surface area contributed by atoms with E-state index in [0.717, 1.165) is 4.31 Å². The second-order valence-corrected chi connectivity index (χ2v) is 6.79. The van der Waals surface area contributed by atoms with Crippen molar-refractivity contribution in [2.75, 3.05) is 11.4 Å². The highest BCUT2D eigenvalue weighted by molar-refractivity contribution is 7.92. The maximum atomic E-state index is 12.6. The van der Waals surface area contributed by atoms with Gasteiger partial charge in [-0.3, -0.25) is 4.31 Å². The lowest BCUT2D eigenvalue weighted by Gasteiger charge is -2.19. The van der Waals surface area contributed by atoms with Crippen LogP contribution in [-0.2, 0) is 10.0 Å². The van der Waals surface area contributed by atoms with Gasteiger partial charge >= 0.3 is 0 Å². The Hall–Kier alpha value is -2.12. The number of phenolic OH excluding ortho intramolecular Hbond substituents is 1. The van der Waals surface area contributed by atoms with Gasteiger partial charge in [0.05, 0.1) is 10.6 Å². The fourth-order valence-electron chi connectivity index (χ4n) is 1.77. The SMILES string of the molecule is CN(c1ccc(O)cc1)S(=O)(=O)c1cccc(C(N)=S)c1. The Balaban J connectivity index is 2.44. The van der Waals surface area contributed by atoms with Crippen molar-refractivity contribution in [1.82, 2.24) is 0 Å². The standard InChI is InChI=1S/C14H14N2O3S2/c1-16(11-5-7-12(17)8-6-11)21(18,19)13-4-2-3-10(9-13)14(15)20/h2-9,17H,1H3,(H2,15,20). The van der Waals surface area contributed by atoms with Gasteiger partial charge in [-0.25, -0.2) is 8.42 Å². The number of hydrogen-bond acceptors (Lipinski definition) is 4. The van der Waals surface area contributed by atoms with Crippen molar-refractivity contribution in [3.8, 4) is 5.75 Å². The zero-order valence-corrected chi connectivity index (χ0v) is 12.9. The minimum Gasteiger partial charge on any atom is -0.508 e. The first kappa shape index (κ1) is 15.3. The third kappa shape index (κ3) is 3.14. The van der Waals surface area contributed by atoms with Gasteiger partial charge in [-0.2, -0.15) is 0 Å². The first-order valence-corrected chi connectivity index (χ1v) is 7.85. The zero-order chi connectivity index (χ0) is 15.6. The molecule has 2 rings (SSSR count). The van der Waals surface area contributed by atoms with Gasteiger partial charge in [0.1, 0.15) is 10.7 Å². The Kier molecular flexibility index (Phi) is 4.15. The van der Waals surface area contributed by atoms with E-state index in [1.807, 2.05) is 0 Å². The average Bonchev–Trinajstić information content (AvgIpc) is 2.47. The number of phenols is 1. The van der Waals surface area contributed by atoms with E-state index in [1.54, 1.807) is 12.1 Å². The number of nitrogens with two attached hydrogens (primary N) is 1. The van der Waals surface area contributed by atoms with Gasteiger partial charge in [0.25, 0.3) is 10.0 Å². The predicted molar refractivity (Wildman–Crippen MR) is 86.0 cm³/mol. The molecular formula is C14H14N2O3S2. The zero-order valence-electron chi connectivity index (χ0n) is 11.2. The van der Waals surface area contributed by atoms with Crippen LogP contribution in [0, 0.1) is 0 Å². The van der Waals surface area contributed by atoms with Gasteiger partial charge in [-0.05, 0) is 36.4 Å². The first-order chi connectivity index (χ1) is 9.82. The van der Waals surface area contributed by atoms with E-state index in [0.29, 0.717) is 11.3 Å². The summed E-state index contributed by atoms with van der Waals surface area (Å²) in [5, 5.41) is 9.26. The fourth-order valence-corrected chi connectivity index (χ4v) is 3.14. The largest absolute Gasteiger partial charge is 0.508 e. The Labute approximate surface area is 128 Å². The minimum absolute atomic E-state index is 0.0695. The van der Waals surface area contributed by atoms with Gasteiger partial charge in [0.15, 0.2) is 0 Å². The molecule has 0 heterocycles. The number of anilines is 1. The topological polar surface area (TPSA) is 83.6 Å². The Bertz CT molecular complexity index is 771. The molecule has 0 saturated heterocycles. The third-order valence-corrected chi connectivity index (χ3v) is 5.01. The average molecular weight is 322 g/mol. The smallest absolute Gasteiger partial charge is 0.264 e. The van der Waals surface area contributed by atoms with Crippen LogP contribution < -0.4 is 10.0 Å². The summed E-state index contributed by atoms with van der Waals surface area (Å²) < 4.78 is 26.3. The van der Waals surface area contributed by atoms with Crippen molar-refractivity contribution < 1.29 is 13.5 Å². The molecule has 21 heavy (non-hydrogen) atoms. The highest BCUT2D eigenvalue weighted by Gasteiger charge is 2.21. The number of hydrogen-bond donors (Lipinski definition) is 2. The van der Waals surface area contributed by atoms with Crippen LogP contribution in [0.15, 0.2) is 53.4 Å². The molecule has 0 aliphatic rings. The van der Waals surface area contributed by atoms with Gasteiger partial charge in [0.2, 0.25) is 0 Å². The van der Waals surface area contributed by atoms with E-state index in [2.05, 4.69) is 0 Å². The van der Waals surface area contributed by atoms with Crippen LogP contribution in [0.4, 0.5) is 5.69 Å². The maximum absolute atomic E-state index is 12.6. The van der Waals surface area contributed by atoms with E-state index in [1.165, 1.54) is 43.4 Å². The summed E-state index contributed by atoms with van der Waals surface area (Å²) in [5.41, 5.74) is 6.45. The molecule has 0 fully saturated rings. The lowest BCUT2D eigenvalue weighted by atomic mass is 10.2. The van der Waals surface area contributed by atoms with E-state index in [4.69, 9.17) is 18.0 Å². The Morgan fingerprint density at radius 2 is 1.81 bits per heavy atom. The summed E-state index contributed by atoms with van der Waals surface area (Å²) in [6.07, 6.45) is 0. The molecule has 0 aliphatic carbocycles. The molecule has 0 bridgehead atoms. The Morgan fingerprint density at radius 1 is 1.19 bits per heavy atom. The summed E-state index contributed by atoms with van der Waals surface area (Å²) in [4.78, 5) is 0.239. The highest BCUT2D eigenvalue weighted by atomic mass is 32.2. The van der Waals surface area contributed by atoms with Crippen LogP contribution >= 0.6 is 12.2 Å². The van der Waals surface area contributed by atoms with Gasteiger partial charge in [0, 0.05) is 12.6 Å². The molecule has 7 heteroatoms. The van der Waals surface area contributed by atoms with Crippen molar-refractivity contribution in [2.45, 2.75) is 4.90 Å². The third-order valence-electron chi connectivity index (χ3n) is 2.99. The van der Waals surface area contributed by atoms with Crippen molar-refractivity contribution in [3.63, 3.8) is 0 Å². The number of benzene rings is 2. The van der Waals surface area contributed by atoms with Crippen LogP contribution in [0.2, 0.25) is 0 Å². The lowest BCUT2D eigenvalue weighted by molar-refractivity contribution is 0.475. The molecule has 0 amide bonds. The van der Waals surface area contributed by atoms with Crippen molar-refractivity contribution in [3.05, 3.63) is 54.1 Å². The van der Waals surface area contributed by atoms with Gasteiger partial charge < -0.3 is 10.8 Å². The molecule has 2 aromatic rings. The predicted octanol–water partition coefficient (Wildman–Crippen LogP) is 1.85. The van der Waals surface area contributed by atoms with Crippen LogP contribution in [-0.4, -0.2) is 25.6 Å². The van der Waals surface area contributed by atoms with E-state index < -0.39 is 10.0 Å². The summed E-state index contributed by atoms with van der Waals surface area (Å²) in [6.45, 7) is 0. The monoisotopic (exact) mass is 322 g/mol. The second kappa shape index (κ2) is 5.71. The summed E-state index contributed by atoms with van der Waals surface area (Å²) in [5.74, 6) is 0.0695. The highest BCUT2D eigenvalue weighted by Crippen LogP contribution is 2.24. The first-order valence-electron chi connectivity index (χ1n) is 6.00. The van der Waals surface area contributed by atoms with E-state index in [9.17, 15) is 13.5 Å². The van der Waals surface area contributed by atoms with Crippen molar-refractivity contribution in [1.29, 1.82) is 0 Å². The molecule has 0 aliphatic heterocycles. The van der Waals surface area contributed by atoms with Crippen LogP contribution in [0.1, 0.15) is 5.56 Å².